The van der Waals surface area contributed by atoms with Crippen molar-refractivity contribution in [3.63, 3.8) is 0 Å². The molecule has 3 aromatic rings. The zero-order chi connectivity index (χ0) is 18.3. The van der Waals surface area contributed by atoms with Crippen LogP contribution in [0.5, 0.6) is 0 Å². The molecule has 1 saturated heterocycles. The first-order valence-electron chi connectivity index (χ1n) is 8.17. The van der Waals surface area contributed by atoms with Crippen molar-refractivity contribution < 1.29 is 13.7 Å². The minimum absolute atomic E-state index is 0.0118. The van der Waals surface area contributed by atoms with Crippen molar-refractivity contribution in [1.82, 2.24) is 10.1 Å². The van der Waals surface area contributed by atoms with Crippen molar-refractivity contribution in [2.45, 2.75) is 19.3 Å². The number of carbonyl (C=O) groups excluding carboxylic acids is 1. The molecule has 0 saturated carbocycles. The van der Waals surface area contributed by atoms with Crippen LogP contribution in [0.1, 0.15) is 23.8 Å². The van der Waals surface area contributed by atoms with Gasteiger partial charge in [0.25, 0.3) is 0 Å². The predicted octanol–water partition coefficient (Wildman–Crippen LogP) is 4.36. The molecular weight excluding hydrogens is 357 g/mol. The average Bonchev–Trinajstić information content (AvgIpc) is 3.24. The molecule has 1 amide bonds. The van der Waals surface area contributed by atoms with E-state index in [0.717, 1.165) is 11.3 Å². The second-order valence-electron chi connectivity index (χ2n) is 6.31. The molecule has 0 aliphatic carbocycles. The quantitative estimate of drug-likeness (QED) is 0.686. The van der Waals surface area contributed by atoms with E-state index in [9.17, 15) is 9.18 Å². The zero-order valence-corrected chi connectivity index (χ0v) is 14.7. The van der Waals surface area contributed by atoms with Crippen LogP contribution in [0.2, 0.25) is 5.02 Å². The smallest absolute Gasteiger partial charge is 0.232 e. The molecule has 1 aromatic heterocycles. The Morgan fingerprint density at radius 3 is 2.88 bits per heavy atom. The standard InChI is InChI=1S/C19H15ClFN3O2/c1-11-7-15(5-6-16(11)20)24-10-13(9-17(24)25)19-22-18(23-26-19)12-3-2-4-14(21)8-12/h2-8,13H,9-10H2,1H3. The first-order chi connectivity index (χ1) is 12.5. The molecule has 7 heteroatoms. The molecule has 1 aliphatic rings. The lowest BCUT2D eigenvalue weighted by Crippen LogP contribution is -2.24. The number of hydrogen-bond acceptors (Lipinski definition) is 4. The van der Waals surface area contributed by atoms with Gasteiger partial charge < -0.3 is 9.42 Å². The maximum Gasteiger partial charge on any atom is 0.232 e. The number of amides is 1. The van der Waals surface area contributed by atoms with E-state index >= 15 is 0 Å². The Balaban J connectivity index is 1.56. The molecule has 1 fully saturated rings. The third-order valence-electron chi connectivity index (χ3n) is 4.45. The summed E-state index contributed by atoms with van der Waals surface area (Å²) >= 11 is 6.06. The molecule has 2 heterocycles. The number of halogens is 2. The van der Waals surface area contributed by atoms with Gasteiger partial charge in [0.1, 0.15) is 5.82 Å². The number of aromatic nitrogens is 2. The Hall–Kier alpha value is -2.73. The normalized spacial score (nSPS) is 17.1. The van der Waals surface area contributed by atoms with Crippen LogP contribution in [-0.2, 0) is 4.79 Å². The van der Waals surface area contributed by atoms with Gasteiger partial charge >= 0.3 is 0 Å². The van der Waals surface area contributed by atoms with Crippen molar-refractivity contribution in [1.29, 1.82) is 0 Å². The number of aryl methyl sites for hydroxylation is 1. The van der Waals surface area contributed by atoms with E-state index in [1.54, 1.807) is 23.1 Å². The fourth-order valence-electron chi connectivity index (χ4n) is 3.07. The van der Waals surface area contributed by atoms with E-state index < -0.39 is 0 Å². The maximum atomic E-state index is 13.4. The van der Waals surface area contributed by atoms with Crippen molar-refractivity contribution in [2.24, 2.45) is 0 Å². The fraction of sp³-hybridized carbons (Fsp3) is 0.211. The van der Waals surface area contributed by atoms with Crippen LogP contribution >= 0.6 is 11.6 Å². The minimum atomic E-state index is -0.367. The molecule has 1 atom stereocenters. The van der Waals surface area contributed by atoms with E-state index in [-0.39, 0.29) is 24.1 Å². The largest absolute Gasteiger partial charge is 0.339 e. The number of carbonyl (C=O) groups is 1. The summed E-state index contributed by atoms with van der Waals surface area (Å²) in [5.74, 6) is 0.114. The summed E-state index contributed by atoms with van der Waals surface area (Å²) in [6.07, 6.45) is 0.284. The SMILES string of the molecule is Cc1cc(N2CC(c3nc(-c4cccc(F)c4)no3)CC2=O)ccc1Cl. The van der Waals surface area contributed by atoms with E-state index in [4.69, 9.17) is 16.1 Å². The van der Waals surface area contributed by atoms with Gasteiger partial charge in [-0.25, -0.2) is 4.39 Å². The van der Waals surface area contributed by atoms with Gasteiger partial charge in [0.15, 0.2) is 0 Å². The third-order valence-corrected chi connectivity index (χ3v) is 4.88. The minimum Gasteiger partial charge on any atom is -0.339 e. The molecule has 2 aromatic carbocycles. The van der Waals surface area contributed by atoms with Gasteiger partial charge in [-0.3, -0.25) is 4.79 Å². The molecule has 0 N–H and O–H groups in total. The van der Waals surface area contributed by atoms with Crippen LogP contribution in [0.4, 0.5) is 10.1 Å². The van der Waals surface area contributed by atoms with Crippen LogP contribution in [0, 0.1) is 12.7 Å². The number of rotatable bonds is 3. The summed E-state index contributed by atoms with van der Waals surface area (Å²) in [6.45, 7) is 2.35. The monoisotopic (exact) mass is 371 g/mol. The first-order valence-corrected chi connectivity index (χ1v) is 8.55. The van der Waals surface area contributed by atoms with Crippen LogP contribution in [0.3, 0.4) is 0 Å². The highest BCUT2D eigenvalue weighted by Crippen LogP contribution is 2.33. The van der Waals surface area contributed by atoms with Gasteiger partial charge in [0.05, 0.1) is 5.92 Å². The molecule has 26 heavy (non-hydrogen) atoms. The number of anilines is 1. The van der Waals surface area contributed by atoms with E-state index in [1.807, 2.05) is 19.1 Å². The molecule has 4 rings (SSSR count). The Bertz CT molecular complexity index is 988. The van der Waals surface area contributed by atoms with E-state index in [1.165, 1.54) is 12.1 Å². The van der Waals surface area contributed by atoms with E-state index in [2.05, 4.69) is 10.1 Å². The molecule has 5 nitrogen and oxygen atoms in total. The lowest BCUT2D eigenvalue weighted by molar-refractivity contribution is -0.117. The maximum absolute atomic E-state index is 13.4. The van der Waals surface area contributed by atoms with Crippen LogP contribution in [-0.4, -0.2) is 22.6 Å². The molecule has 1 unspecified atom stereocenters. The Morgan fingerprint density at radius 2 is 2.12 bits per heavy atom. The van der Waals surface area contributed by atoms with Gasteiger partial charge in [0, 0.05) is 29.2 Å². The molecular formula is C19H15ClFN3O2. The molecule has 0 bridgehead atoms. The molecule has 0 radical (unpaired) electrons. The van der Waals surface area contributed by atoms with Gasteiger partial charge in [0.2, 0.25) is 17.6 Å². The highest BCUT2D eigenvalue weighted by atomic mass is 35.5. The summed E-state index contributed by atoms with van der Waals surface area (Å²) < 4.78 is 18.7. The van der Waals surface area contributed by atoms with Gasteiger partial charge in [-0.1, -0.05) is 28.9 Å². The average molecular weight is 372 g/mol. The predicted molar refractivity (Wildman–Crippen MR) is 95.6 cm³/mol. The topological polar surface area (TPSA) is 59.2 Å². The molecule has 1 aliphatic heterocycles. The van der Waals surface area contributed by atoms with Crippen molar-refractivity contribution in [2.75, 3.05) is 11.4 Å². The summed E-state index contributed by atoms with van der Waals surface area (Å²) in [6, 6.07) is 11.5. The highest BCUT2D eigenvalue weighted by molar-refractivity contribution is 6.31. The Labute approximate surface area is 154 Å². The van der Waals surface area contributed by atoms with Crippen LogP contribution < -0.4 is 4.90 Å². The third kappa shape index (κ3) is 3.08. The second kappa shape index (κ2) is 6.53. The summed E-state index contributed by atoms with van der Waals surface area (Å²) in [4.78, 5) is 18.5. The number of benzene rings is 2. The highest BCUT2D eigenvalue weighted by Gasteiger charge is 2.35. The second-order valence-corrected chi connectivity index (χ2v) is 6.71. The van der Waals surface area contributed by atoms with Crippen LogP contribution in [0.15, 0.2) is 47.0 Å². The summed E-state index contributed by atoms with van der Waals surface area (Å²) in [7, 11) is 0. The lowest BCUT2D eigenvalue weighted by Gasteiger charge is -2.17. The van der Waals surface area contributed by atoms with Gasteiger partial charge in [-0.05, 0) is 42.8 Å². The lowest BCUT2D eigenvalue weighted by atomic mass is 10.1. The first kappa shape index (κ1) is 16.7. The summed E-state index contributed by atoms with van der Waals surface area (Å²) in [5.41, 5.74) is 2.24. The van der Waals surface area contributed by atoms with Crippen molar-refractivity contribution >= 4 is 23.2 Å². The van der Waals surface area contributed by atoms with Gasteiger partial charge in [-0.2, -0.15) is 4.98 Å². The Morgan fingerprint density at radius 1 is 1.27 bits per heavy atom. The van der Waals surface area contributed by atoms with Crippen molar-refractivity contribution in [3.05, 3.63) is 64.8 Å². The van der Waals surface area contributed by atoms with E-state index in [0.29, 0.717) is 28.8 Å². The van der Waals surface area contributed by atoms with Crippen molar-refractivity contribution in [3.8, 4) is 11.4 Å². The molecule has 132 valence electrons. The Kier molecular flexibility index (Phi) is 4.20. The number of hydrogen-bond donors (Lipinski definition) is 0. The number of nitrogens with zero attached hydrogens (tertiary/aromatic N) is 3. The van der Waals surface area contributed by atoms with Crippen LogP contribution in [0.25, 0.3) is 11.4 Å². The van der Waals surface area contributed by atoms with Gasteiger partial charge in [-0.15, -0.1) is 0 Å². The zero-order valence-electron chi connectivity index (χ0n) is 13.9. The molecule has 0 spiro atoms. The summed E-state index contributed by atoms with van der Waals surface area (Å²) in [5, 5.41) is 4.58. The fourth-order valence-corrected chi connectivity index (χ4v) is 3.18.